The van der Waals surface area contributed by atoms with Crippen LogP contribution in [-0.2, 0) is 4.74 Å². The van der Waals surface area contributed by atoms with E-state index in [2.05, 4.69) is 6.92 Å². The van der Waals surface area contributed by atoms with E-state index in [-0.39, 0.29) is 0 Å². The summed E-state index contributed by atoms with van der Waals surface area (Å²) in [5.74, 6) is 0.890. The summed E-state index contributed by atoms with van der Waals surface area (Å²) in [4.78, 5) is 0. The van der Waals surface area contributed by atoms with Crippen molar-refractivity contribution in [3.63, 3.8) is 0 Å². The summed E-state index contributed by atoms with van der Waals surface area (Å²) < 4.78 is 6.31. The Balaban J connectivity index is 1.81. The zero-order valence-electron chi connectivity index (χ0n) is 12.3. The summed E-state index contributed by atoms with van der Waals surface area (Å²) in [6.07, 6.45) is 19.5. The third kappa shape index (κ3) is 4.57. The molecule has 0 N–H and O–H groups in total. The lowest BCUT2D eigenvalue weighted by atomic mass is 9.88. The van der Waals surface area contributed by atoms with Crippen LogP contribution in [0.1, 0.15) is 90.4 Å². The lowest BCUT2D eigenvalue weighted by Gasteiger charge is -2.19. The van der Waals surface area contributed by atoms with Gasteiger partial charge in [-0.15, -0.1) is 0 Å². The second-order valence-corrected chi connectivity index (χ2v) is 6.49. The van der Waals surface area contributed by atoms with Crippen LogP contribution in [0.4, 0.5) is 0 Å². The van der Waals surface area contributed by atoms with Gasteiger partial charge in [0.1, 0.15) is 0 Å². The Bertz CT molecular complexity index is 194. The van der Waals surface area contributed by atoms with Gasteiger partial charge in [-0.05, 0) is 31.6 Å². The molecule has 2 rings (SSSR count). The van der Waals surface area contributed by atoms with Gasteiger partial charge in [0, 0.05) is 0 Å². The topological polar surface area (TPSA) is 9.23 Å². The standard InChI is InChI=1S/C17H32O/c1-2-11-16-14-15-12-9-7-5-3-4-6-8-10-13-17(15)18-16/h15-17H,2-14H2,1H3. The Morgan fingerprint density at radius 1 is 0.833 bits per heavy atom. The van der Waals surface area contributed by atoms with Gasteiger partial charge < -0.3 is 4.74 Å². The molecule has 0 spiro atoms. The third-order valence-electron chi connectivity index (χ3n) is 4.88. The second kappa shape index (κ2) is 8.19. The van der Waals surface area contributed by atoms with Crippen LogP contribution in [0.15, 0.2) is 0 Å². The summed E-state index contributed by atoms with van der Waals surface area (Å²) in [5.41, 5.74) is 0. The molecule has 0 aromatic heterocycles. The smallest absolute Gasteiger partial charge is 0.0608 e. The van der Waals surface area contributed by atoms with Crippen molar-refractivity contribution >= 4 is 0 Å². The van der Waals surface area contributed by atoms with Crippen LogP contribution < -0.4 is 0 Å². The van der Waals surface area contributed by atoms with Crippen molar-refractivity contribution in [2.75, 3.05) is 0 Å². The number of hydrogen-bond acceptors (Lipinski definition) is 1. The van der Waals surface area contributed by atoms with E-state index in [0.717, 1.165) is 5.92 Å². The summed E-state index contributed by atoms with van der Waals surface area (Å²) >= 11 is 0. The predicted octanol–water partition coefficient (Wildman–Crippen LogP) is 5.47. The van der Waals surface area contributed by atoms with Crippen LogP contribution in [0.25, 0.3) is 0 Å². The largest absolute Gasteiger partial charge is 0.375 e. The van der Waals surface area contributed by atoms with E-state index < -0.39 is 0 Å². The van der Waals surface area contributed by atoms with Crippen LogP contribution in [0.5, 0.6) is 0 Å². The van der Waals surface area contributed by atoms with Crippen LogP contribution in [0.3, 0.4) is 0 Å². The molecular formula is C17H32O. The molecule has 0 bridgehead atoms. The lowest BCUT2D eigenvalue weighted by Crippen LogP contribution is -2.16. The Kier molecular flexibility index (Phi) is 6.54. The highest BCUT2D eigenvalue weighted by molar-refractivity contribution is 4.82. The van der Waals surface area contributed by atoms with Crippen molar-refractivity contribution in [2.24, 2.45) is 5.92 Å². The molecule has 0 aromatic rings. The minimum atomic E-state index is 0.593. The van der Waals surface area contributed by atoms with E-state index in [1.54, 1.807) is 0 Å². The van der Waals surface area contributed by atoms with Gasteiger partial charge in [-0.3, -0.25) is 0 Å². The molecule has 3 unspecified atom stereocenters. The summed E-state index contributed by atoms with van der Waals surface area (Å²) in [6.45, 7) is 2.29. The molecule has 106 valence electrons. The normalized spacial score (nSPS) is 35.5. The molecule has 2 aliphatic rings. The molecule has 0 amide bonds. The van der Waals surface area contributed by atoms with E-state index >= 15 is 0 Å². The number of ether oxygens (including phenoxy) is 1. The van der Waals surface area contributed by atoms with Gasteiger partial charge in [0.15, 0.2) is 0 Å². The van der Waals surface area contributed by atoms with Gasteiger partial charge in [-0.25, -0.2) is 0 Å². The Morgan fingerprint density at radius 2 is 1.44 bits per heavy atom. The highest BCUT2D eigenvalue weighted by atomic mass is 16.5. The first-order chi connectivity index (χ1) is 8.90. The third-order valence-corrected chi connectivity index (χ3v) is 4.88. The maximum Gasteiger partial charge on any atom is 0.0608 e. The number of hydrogen-bond donors (Lipinski definition) is 0. The molecule has 18 heavy (non-hydrogen) atoms. The van der Waals surface area contributed by atoms with Crippen molar-refractivity contribution in [1.82, 2.24) is 0 Å². The molecule has 1 heteroatoms. The van der Waals surface area contributed by atoms with Crippen LogP contribution >= 0.6 is 0 Å². The molecule has 0 radical (unpaired) electrons. The Labute approximate surface area is 114 Å². The first-order valence-corrected chi connectivity index (χ1v) is 8.55. The van der Waals surface area contributed by atoms with Crippen molar-refractivity contribution in [3.05, 3.63) is 0 Å². The van der Waals surface area contributed by atoms with Crippen LogP contribution in [0, 0.1) is 5.92 Å². The Hall–Kier alpha value is -0.0400. The highest BCUT2D eigenvalue weighted by Gasteiger charge is 2.33. The minimum Gasteiger partial charge on any atom is -0.375 e. The van der Waals surface area contributed by atoms with E-state index in [0.29, 0.717) is 12.2 Å². The minimum absolute atomic E-state index is 0.593. The lowest BCUT2D eigenvalue weighted by molar-refractivity contribution is 0.0226. The maximum absolute atomic E-state index is 6.31. The highest BCUT2D eigenvalue weighted by Crippen LogP contribution is 2.35. The molecule has 1 saturated heterocycles. The average molecular weight is 252 g/mol. The fourth-order valence-corrected chi connectivity index (χ4v) is 3.83. The zero-order valence-corrected chi connectivity index (χ0v) is 12.3. The van der Waals surface area contributed by atoms with Gasteiger partial charge in [-0.2, -0.15) is 0 Å². The SMILES string of the molecule is CCCC1CC2CCCCCCCCCCC2O1. The van der Waals surface area contributed by atoms with Crippen molar-refractivity contribution in [3.8, 4) is 0 Å². The number of fused-ring (bicyclic) bond motifs is 1. The van der Waals surface area contributed by atoms with Gasteiger partial charge in [0.25, 0.3) is 0 Å². The van der Waals surface area contributed by atoms with Crippen LogP contribution in [0.2, 0.25) is 0 Å². The van der Waals surface area contributed by atoms with E-state index in [4.69, 9.17) is 4.74 Å². The summed E-state index contributed by atoms with van der Waals surface area (Å²) in [5, 5.41) is 0. The monoisotopic (exact) mass is 252 g/mol. The molecule has 2 fully saturated rings. The fraction of sp³-hybridized carbons (Fsp3) is 1.00. The summed E-state index contributed by atoms with van der Waals surface area (Å²) in [6, 6.07) is 0. The zero-order chi connectivity index (χ0) is 12.6. The van der Waals surface area contributed by atoms with Gasteiger partial charge in [-0.1, -0.05) is 64.7 Å². The number of rotatable bonds is 2. The maximum atomic E-state index is 6.31. The first-order valence-electron chi connectivity index (χ1n) is 8.55. The molecule has 1 heterocycles. The average Bonchev–Trinajstić information content (AvgIpc) is 2.72. The van der Waals surface area contributed by atoms with Crippen molar-refractivity contribution in [1.29, 1.82) is 0 Å². The van der Waals surface area contributed by atoms with E-state index in [1.807, 2.05) is 0 Å². The van der Waals surface area contributed by atoms with E-state index in [9.17, 15) is 0 Å². The van der Waals surface area contributed by atoms with Crippen LogP contribution in [-0.4, -0.2) is 12.2 Å². The van der Waals surface area contributed by atoms with Gasteiger partial charge in [0.05, 0.1) is 12.2 Å². The fourth-order valence-electron chi connectivity index (χ4n) is 3.83. The molecule has 1 aliphatic heterocycles. The van der Waals surface area contributed by atoms with Gasteiger partial charge >= 0.3 is 0 Å². The van der Waals surface area contributed by atoms with Crippen molar-refractivity contribution in [2.45, 2.75) is 103 Å². The summed E-state index contributed by atoms with van der Waals surface area (Å²) in [7, 11) is 0. The van der Waals surface area contributed by atoms with E-state index in [1.165, 1.54) is 83.5 Å². The van der Waals surface area contributed by atoms with Gasteiger partial charge in [0.2, 0.25) is 0 Å². The quantitative estimate of drug-likeness (QED) is 0.632. The second-order valence-electron chi connectivity index (χ2n) is 6.49. The molecule has 1 aliphatic carbocycles. The molecule has 1 saturated carbocycles. The molecule has 0 aromatic carbocycles. The Morgan fingerprint density at radius 3 is 2.11 bits per heavy atom. The molecule has 3 atom stereocenters. The van der Waals surface area contributed by atoms with Crippen molar-refractivity contribution < 1.29 is 4.74 Å². The molecular weight excluding hydrogens is 220 g/mol. The predicted molar refractivity (Wildman–Crippen MR) is 77.8 cm³/mol. The first kappa shape index (κ1) is 14.4. The molecule has 1 nitrogen and oxygen atoms in total.